The Morgan fingerprint density at radius 3 is 2.50 bits per heavy atom. The fraction of sp³-hybridized carbons (Fsp3) is 0.467. The molecule has 1 saturated heterocycles. The van der Waals surface area contributed by atoms with Crippen LogP contribution in [0.25, 0.3) is 0 Å². The molecule has 1 heterocycles. The highest BCUT2D eigenvalue weighted by atomic mass is 35.5. The summed E-state index contributed by atoms with van der Waals surface area (Å²) in [6, 6.07) is 5.02. The van der Waals surface area contributed by atoms with Gasteiger partial charge in [-0.3, -0.25) is 14.5 Å². The van der Waals surface area contributed by atoms with Crippen molar-refractivity contribution in [2.75, 3.05) is 26.7 Å². The van der Waals surface area contributed by atoms with Crippen LogP contribution < -0.4 is 0 Å². The van der Waals surface area contributed by atoms with E-state index < -0.39 is 5.97 Å². The van der Waals surface area contributed by atoms with Crippen LogP contribution in [0.2, 0.25) is 10.0 Å². The van der Waals surface area contributed by atoms with Crippen molar-refractivity contribution in [1.29, 1.82) is 0 Å². The maximum atomic E-state index is 12.5. The molecule has 1 aromatic rings. The topological polar surface area (TPSA) is 60.9 Å². The van der Waals surface area contributed by atoms with Crippen LogP contribution in [-0.2, 0) is 4.79 Å². The monoisotopic (exact) mass is 344 g/mol. The summed E-state index contributed by atoms with van der Waals surface area (Å²) in [6.07, 6.45) is 1.50. The molecule has 0 aromatic heterocycles. The molecule has 22 heavy (non-hydrogen) atoms. The molecular formula is C15H18Cl2N2O3. The van der Waals surface area contributed by atoms with Crippen molar-refractivity contribution >= 4 is 35.1 Å². The molecule has 5 nitrogen and oxygen atoms in total. The largest absolute Gasteiger partial charge is 0.480 e. The average molecular weight is 345 g/mol. The number of piperidine rings is 1. The predicted octanol–water partition coefficient (Wildman–Crippen LogP) is 2.61. The number of nitrogens with zero attached hydrogens (tertiary/aromatic N) is 2. The van der Waals surface area contributed by atoms with Gasteiger partial charge in [-0.25, -0.2) is 0 Å². The van der Waals surface area contributed by atoms with Crippen LogP contribution in [0, 0.1) is 0 Å². The molecule has 1 aliphatic rings. The predicted molar refractivity (Wildman–Crippen MR) is 85.7 cm³/mol. The molecule has 0 atom stereocenters. The molecule has 1 amide bonds. The van der Waals surface area contributed by atoms with Crippen molar-refractivity contribution in [1.82, 2.24) is 9.80 Å². The summed E-state index contributed by atoms with van der Waals surface area (Å²) in [4.78, 5) is 26.8. The summed E-state index contributed by atoms with van der Waals surface area (Å²) in [6.45, 7) is 1.19. The smallest absolute Gasteiger partial charge is 0.317 e. The molecule has 2 rings (SSSR count). The van der Waals surface area contributed by atoms with E-state index in [-0.39, 0.29) is 18.5 Å². The minimum Gasteiger partial charge on any atom is -0.480 e. The molecule has 0 radical (unpaired) electrons. The van der Waals surface area contributed by atoms with Crippen LogP contribution in [0.15, 0.2) is 18.2 Å². The van der Waals surface area contributed by atoms with Gasteiger partial charge in [0, 0.05) is 24.2 Å². The van der Waals surface area contributed by atoms with E-state index in [1.165, 1.54) is 0 Å². The molecule has 120 valence electrons. The third-order valence-electron chi connectivity index (χ3n) is 3.92. The van der Waals surface area contributed by atoms with E-state index in [1.54, 1.807) is 30.1 Å². The zero-order valence-corrected chi connectivity index (χ0v) is 13.8. The lowest BCUT2D eigenvalue weighted by atomic mass is 10.0. The number of hydrogen-bond acceptors (Lipinski definition) is 3. The lowest BCUT2D eigenvalue weighted by Gasteiger charge is -2.36. The summed E-state index contributed by atoms with van der Waals surface area (Å²) < 4.78 is 0. The maximum absolute atomic E-state index is 12.5. The van der Waals surface area contributed by atoms with Crippen LogP contribution in [-0.4, -0.2) is 59.5 Å². The Morgan fingerprint density at radius 2 is 1.95 bits per heavy atom. The van der Waals surface area contributed by atoms with Gasteiger partial charge in [0.25, 0.3) is 5.91 Å². The lowest BCUT2D eigenvalue weighted by molar-refractivity contribution is -0.138. The van der Waals surface area contributed by atoms with E-state index in [2.05, 4.69) is 0 Å². The van der Waals surface area contributed by atoms with Crippen molar-refractivity contribution in [2.45, 2.75) is 18.9 Å². The fourth-order valence-corrected chi connectivity index (χ4v) is 3.17. The zero-order valence-electron chi connectivity index (χ0n) is 12.3. The number of carboxylic acid groups (broad SMARTS) is 1. The Hall–Kier alpha value is -1.30. The quantitative estimate of drug-likeness (QED) is 0.911. The summed E-state index contributed by atoms with van der Waals surface area (Å²) in [5.41, 5.74) is 0.448. The Morgan fingerprint density at radius 1 is 1.32 bits per heavy atom. The molecule has 7 heteroatoms. The second-order valence-electron chi connectivity index (χ2n) is 5.46. The zero-order chi connectivity index (χ0) is 16.3. The Labute approximate surface area is 139 Å². The van der Waals surface area contributed by atoms with Gasteiger partial charge in [0.1, 0.15) is 0 Å². The van der Waals surface area contributed by atoms with E-state index in [1.807, 2.05) is 4.90 Å². The van der Waals surface area contributed by atoms with Crippen LogP contribution in [0.5, 0.6) is 0 Å². The van der Waals surface area contributed by atoms with Gasteiger partial charge < -0.3 is 10.0 Å². The first-order chi connectivity index (χ1) is 10.4. The molecule has 0 saturated carbocycles. The number of amides is 1. The number of likely N-dealkylation sites (N-methyl/N-ethyl adjacent to an activating group) is 1. The lowest BCUT2D eigenvalue weighted by Crippen LogP contribution is -2.46. The highest BCUT2D eigenvalue weighted by Gasteiger charge is 2.27. The standard InChI is InChI=1S/C15H18Cl2N2O3/c1-18(9-14(20)21)11-4-6-19(7-5-11)15(22)12-3-2-10(16)8-13(12)17/h2-3,8,11H,4-7,9H2,1H3,(H,20,21). The molecule has 1 fully saturated rings. The summed E-state index contributed by atoms with van der Waals surface area (Å²) in [5.74, 6) is -0.949. The van der Waals surface area contributed by atoms with Crippen LogP contribution in [0.1, 0.15) is 23.2 Å². The highest BCUT2D eigenvalue weighted by molar-refractivity contribution is 6.36. The van der Waals surface area contributed by atoms with Crippen molar-refractivity contribution < 1.29 is 14.7 Å². The van der Waals surface area contributed by atoms with E-state index in [0.717, 1.165) is 12.8 Å². The number of carbonyl (C=O) groups excluding carboxylic acids is 1. The minimum atomic E-state index is -0.839. The van der Waals surface area contributed by atoms with Gasteiger partial charge >= 0.3 is 5.97 Å². The Kier molecular flexibility index (Phi) is 5.67. The first-order valence-electron chi connectivity index (χ1n) is 7.05. The van der Waals surface area contributed by atoms with Gasteiger partial charge in [-0.15, -0.1) is 0 Å². The van der Waals surface area contributed by atoms with Crippen molar-refractivity contribution in [2.24, 2.45) is 0 Å². The molecule has 1 aromatic carbocycles. The van der Waals surface area contributed by atoms with E-state index in [4.69, 9.17) is 28.3 Å². The normalized spacial score (nSPS) is 16.1. The molecule has 0 spiro atoms. The Balaban J connectivity index is 1.96. The number of rotatable bonds is 4. The fourth-order valence-electron chi connectivity index (χ4n) is 2.69. The van der Waals surface area contributed by atoms with E-state index in [9.17, 15) is 9.59 Å². The summed E-state index contributed by atoms with van der Waals surface area (Å²) in [7, 11) is 1.80. The molecule has 0 bridgehead atoms. The third kappa shape index (κ3) is 4.12. The summed E-state index contributed by atoms with van der Waals surface area (Å²) >= 11 is 11.9. The highest BCUT2D eigenvalue weighted by Crippen LogP contribution is 2.24. The molecule has 1 aliphatic heterocycles. The molecule has 0 unspecified atom stereocenters. The molecule has 0 aliphatic carbocycles. The van der Waals surface area contributed by atoms with Crippen LogP contribution >= 0.6 is 23.2 Å². The SMILES string of the molecule is CN(CC(=O)O)C1CCN(C(=O)c2ccc(Cl)cc2Cl)CC1. The van der Waals surface area contributed by atoms with Crippen molar-refractivity contribution in [3.8, 4) is 0 Å². The van der Waals surface area contributed by atoms with Gasteiger partial charge in [0.05, 0.1) is 17.1 Å². The van der Waals surface area contributed by atoms with Gasteiger partial charge in [-0.2, -0.15) is 0 Å². The van der Waals surface area contributed by atoms with Crippen molar-refractivity contribution in [3.05, 3.63) is 33.8 Å². The first-order valence-corrected chi connectivity index (χ1v) is 7.80. The second kappa shape index (κ2) is 7.31. The number of likely N-dealkylation sites (tertiary alicyclic amines) is 1. The van der Waals surface area contributed by atoms with E-state index >= 15 is 0 Å². The first kappa shape index (κ1) is 17.1. The van der Waals surface area contributed by atoms with Crippen LogP contribution in [0.4, 0.5) is 0 Å². The Bertz CT molecular complexity index is 572. The van der Waals surface area contributed by atoms with Crippen LogP contribution in [0.3, 0.4) is 0 Å². The number of carboxylic acids is 1. The number of hydrogen-bond donors (Lipinski definition) is 1. The second-order valence-corrected chi connectivity index (χ2v) is 6.30. The van der Waals surface area contributed by atoms with Gasteiger partial charge in [0.2, 0.25) is 0 Å². The maximum Gasteiger partial charge on any atom is 0.317 e. The van der Waals surface area contributed by atoms with Gasteiger partial charge in [-0.05, 0) is 38.1 Å². The summed E-state index contributed by atoms with van der Waals surface area (Å²) in [5, 5.41) is 9.67. The van der Waals surface area contributed by atoms with E-state index in [0.29, 0.717) is 28.7 Å². The number of halogens is 2. The average Bonchev–Trinajstić information content (AvgIpc) is 2.46. The van der Waals surface area contributed by atoms with Gasteiger partial charge in [0.15, 0.2) is 0 Å². The number of carbonyl (C=O) groups is 2. The van der Waals surface area contributed by atoms with Crippen molar-refractivity contribution in [3.63, 3.8) is 0 Å². The third-order valence-corrected chi connectivity index (χ3v) is 4.47. The number of benzene rings is 1. The molecular weight excluding hydrogens is 327 g/mol. The number of aliphatic carboxylic acids is 1. The molecule has 1 N–H and O–H groups in total. The van der Waals surface area contributed by atoms with Gasteiger partial charge in [-0.1, -0.05) is 23.2 Å². The minimum absolute atomic E-state index is 0.0155.